The SMILES string of the molecule is CCCc1nc(C(=O)N(CCOC)C(C)C2CC2)n[nH]1. The van der Waals surface area contributed by atoms with Crippen molar-refractivity contribution in [2.45, 2.75) is 45.6 Å². The van der Waals surface area contributed by atoms with Crippen molar-refractivity contribution in [3.8, 4) is 0 Å². The smallest absolute Gasteiger partial charge is 0.293 e. The molecule has 0 aromatic carbocycles. The summed E-state index contributed by atoms with van der Waals surface area (Å²) in [5, 5.41) is 6.90. The van der Waals surface area contributed by atoms with Gasteiger partial charge in [0.25, 0.3) is 5.91 Å². The second kappa shape index (κ2) is 6.83. The Hall–Kier alpha value is -1.43. The highest BCUT2D eigenvalue weighted by molar-refractivity contribution is 5.90. The van der Waals surface area contributed by atoms with Crippen LogP contribution in [0.2, 0.25) is 0 Å². The van der Waals surface area contributed by atoms with Crippen LogP contribution in [0.4, 0.5) is 0 Å². The summed E-state index contributed by atoms with van der Waals surface area (Å²) in [5.41, 5.74) is 0. The zero-order valence-corrected chi connectivity index (χ0v) is 12.6. The number of hydrogen-bond donors (Lipinski definition) is 1. The predicted octanol–water partition coefficient (Wildman–Crippen LogP) is 1.64. The number of carbonyl (C=O) groups excluding carboxylic acids is 1. The minimum absolute atomic E-state index is 0.0972. The Bertz CT molecular complexity index is 442. The highest BCUT2D eigenvalue weighted by Gasteiger charge is 2.35. The van der Waals surface area contributed by atoms with E-state index >= 15 is 0 Å². The van der Waals surface area contributed by atoms with Crippen molar-refractivity contribution in [1.29, 1.82) is 0 Å². The first-order valence-corrected chi connectivity index (χ1v) is 7.38. The molecule has 0 aliphatic heterocycles. The van der Waals surface area contributed by atoms with Crippen LogP contribution >= 0.6 is 0 Å². The summed E-state index contributed by atoms with van der Waals surface area (Å²) < 4.78 is 5.11. The summed E-state index contributed by atoms with van der Waals surface area (Å²) >= 11 is 0. The molecule has 20 heavy (non-hydrogen) atoms. The van der Waals surface area contributed by atoms with Crippen molar-refractivity contribution >= 4 is 5.91 Å². The second-order valence-electron chi connectivity index (χ2n) is 5.43. The zero-order chi connectivity index (χ0) is 14.5. The van der Waals surface area contributed by atoms with Gasteiger partial charge in [0, 0.05) is 26.1 Å². The summed E-state index contributed by atoms with van der Waals surface area (Å²) in [5.74, 6) is 1.57. The molecule has 0 spiro atoms. The molecule has 6 heteroatoms. The molecule has 6 nitrogen and oxygen atoms in total. The number of methoxy groups -OCH3 is 1. The predicted molar refractivity (Wildman–Crippen MR) is 75.5 cm³/mol. The maximum Gasteiger partial charge on any atom is 0.293 e. The van der Waals surface area contributed by atoms with Crippen LogP contribution in [0.25, 0.3) is 0 Å². The van der Waals surface area contributed by atoms with Gasteiger partial charge < -0.3 is 9.64 Å². The van der Waals surface area contributed by atoms with Crippen LogP contribution < -0.4 is 0 Å². The molecule has 1 aliphatic rings. The molecule has 1 unspecified atom stereocenters. The molecule has 1 saturated carbocycles. The Labute approximate surface area is 119 Å². The number of hydrogen-bond acceptors (Lipinski definition) is 4. The van der Waals surface area contributed by atoms with Gasteiger partial charge in [0.2, 0.25) is 5.82 Å². The number of aromatic nitrogens is 3. The minimum Gasteiger partial charge on any atom is -0.383 e. The number of aromatic amines is 1. The van der Waals surface area contributed by atoms with E-state index in [1.807, 2.05) is 4.90 Å². The molecule has 1 fully saturated rings. The van der Waals surface area contributed by atoms with E-state index in [1.54, 1.807) is 7.11 Å². The number of ether oxygens (including phenoxy) is 1. The molecule has 112 valence electrons. The van der Waals surface area contributed by atoms with Crippen molar-refractivity contribution in [3.05, 3.63) is 11.6 Å². The van der Waals surface area contributed by atoms with Crippen LogP contribution in [0, 0.1) is 5.92 Å². The molecule has 1 N–H and O–H groups in total. The Morgan fingerprint density at radius 3 is 2.90 bits per heavy atom. The van der Waals surface area contributed by atoms with E-state index in [9.17, 15) is 4.79 Å². The maximum absolute atomic E-state index is 12.6. The molecule has 1 heterocycles. The summed E-state index contributed by atoms with van der Waals surface area (Å²) in [7, 11) is 1.65. The first-order chi connectivity index (χ1) is 9.67. The number of H-pyrrole nitrogens is 1. The monoisotopic (exact) mass is 280 g/mol. The van der Waals surface area contributed by atoms with Gasteiger partial charge in [-0.2, -0.15) is 0 Å². The van der Waals surface area contributed by atoms with Crippen LogP contribution in [0.15, 0.2) is 0 Å². The fourth-order valence-corrected chi connectivity index (χ4v) is 2.38. The second-order valence-corrected chi connectivity index (χ2v) is 5.43. The molecule has 1 amide bonds. The lowest BCUT2D eigenvalue weighted by molar-refractivity contribution is 0.0583. The summed E-state index contributed by atoms with van der Waals surface area (Å²) in [6.45, 7) is 5.30. The Kier molecular flexibility index (Phi) is 5.11. The first-order valence-electron chi connectivity index (χ1n) is 7.38. The third-order valence-corrected chi connectivity index (χ3v) is 3.80. The summed E-state index contributed by atoms with van der Waals surface area (Å²) in [4.78, 5) is 18.7. The van der Waals surface area contributed by atoms with Gasteiger partial charge in [-0.1, -0.05) is 6.92 Å². The zero-order valence-electron chi connectivity index (χ0n) is 12.6. The highest BCUT2D eigenvalue weighted by Crippen LogP contribution is 2.35. The number of nitrogens with one attached hydrogen (secondary N) is 1. The van der Waals surface area contributed by atoms with Crippen LogP contribution in [-0.4, -0.2) is 52.3 Å². The van der Waals surface area contributed by atoms with Crippen molar-refractivity contribution in [1.82, 2.24) is 20.1 Å². The molecular weight excluding hydrogens is 256 g/mol. The van der Waals surface area contributed by atoms with Crippen LogP contribution in [-0.2, 0) is 11.2 Å². The average Bonchev–Trinajstić information content (AvgIpc) is 3.19. The summed E-state index contributed by atoms with van der Waals surface area (Å²) in [6.07, 6.45) is 4.20. The van der Waals surface area contributed by atoms with Crippen LogP contribution in [0.5, 0.6) is 0 Å². The highest BCUT2D eigenvalue weighted by atomic mass is 16.5. The Morgan fingerprint density at radius 2 is 2.30 bits per heavy atom. The third kappa shape index (κ3) is 3.56. The fraction of sp³-hybridized carbons (Fsp3) is 0.786. The lowest BCUT2D eigenvalue weighted by Crippen LogP contribution is -2.42. The minimum atomic E-state index is -0.0972. The van der Waals surface area contributed by atoms with Gasteiger partial charge in [-0.05, 0) is 32.1 Å². The van der Waals surface area contributed by atoms with Crippen molar-refractivity contribution in [2.24, 2.45) is 5.92 Å². The quantitative estimate of drug-likeness (QED) is 0.786. The van der Waals surface area contributed by atoms with E-state index in [2.05, 4.69) is 29.0 Å². The molecule has 1 aliphatic carbocycles. The van der Waals surface area contributed by atoms with Crippen LogP contribution in [0.3, 0.4) is 0 Å². The molecule has 0 saturated heterocycles. The maximum atomic E-state index is 12.6. The Morgan fingerprint density at radius 1 is 1.55 bits per heavy atom. The average molecular weight is 280 g/mol. The molecular formula is C14H24N4O2. The molecule has 0 bridgehead atoms. The van der Waals surface area contributed by atoms with E-state index in [0.29, 0.717) is 19.1 Å². The largest absolute Gasteiger partial charge is 0.383 e. The third-order valence-electron chi connectivity index (χ3n) is 3.80. The molecule has 2 rings (SSSR count). The lowest BCUT2D eigenvalue weighted by Gasteiger charge is -2.28. The number of aryl methyl sites for hydroxylation is 1. The van der Waals surface area contributed by atoms with Gasteiger partial charge in [-0.15, -0.1) is 5.10 Å². The van der Waals surface area contributed by atoms with Gasteiger partial charge >= 0.3 is 0 Å². The van der Waals surface area contributed by atoms with Gasteiger partial charge in [-0.25, -0.2) is 4.98 Å². The van der Waals surface area contributed by atoms with E-state index < -0.39 is 0 Å². The first kappa shape index (κ1) is 15.0. The van der Waals surface area contributed by atoms with Gasteiger partial charge in [0.15, 0.2) is 0 Å². The normalized spacial score (nSPS) is 16.1. The fourth-order valence-electron chi connectivity index (χ4n) is 2.38. The van der Waals surface area contributed by atoms with E-state index in [1.165, 1.54) is 12.8 Å². The number of carbonyl (C=O) groups is 1. The lowest BCUT2D eigenvalue weighted by atomic mass is 10.2. The van der Waals surface area contributed by atoms with E-state index in [-0.39, 0.29) is 17.8 Å². The van der Waals surface area contributed by atoms with E-state index in [0.717, 1.165) is 18.7 Å². The van der Waals surface area contributed by atoms with Crippen molar-refractivity contribution in [2.75, 3.05) is 20.3 Å². The number of nitrogens with zero attached hydrogens (tertiary/aromatic N) is 3. The van der Waals surface area contributed by atoms with Gasteiger partial charge in [0.1, 0.15) is 5.82 Å². The number of rotatable bonds is 8. The van der Waals surface area contributed by atoms with Crippen molar-refractivity contribution < 1.29 is 9.53 Å². The Balaban J connectivity index is 2.07. The standard InChI is InChI=1S/C14H24N4O2/c1-4-5-12-15-13(17-16-12)14(19)18(8-9-20-3)10(2)11-6-7-11/h10-11H,4-9H2,1-3H3,(H,15,16,17). The summed E-state index contributed by atoms with van der Waals surface area (Å²) in [6, 6.07) is 0.228. The molecule has 0 radical (unpaired) electrons. The van der Waals surface area contributed by atoms with Gasteiger partial charge in [0.05, 0.1) is 6.61 Å². The molecule has 1 aromatic heterocycles. The number of amides is 1. The topological polar surface area (TPSA) is 71.1 Å². The van der Waals surface area contributed by atoms with Crippen molar-refractivity contribution in [3.63, 3.8) is 0 Å². The van der Waals surface area contributed by atoms with Gasteiger partial charge in [-0.3, -0.25) is 9.89 Å². The van der Waals surface area contributed by atoms with Crippen LogP contribution in [0.1, 0.15) is 49.6 Å². The molecule has 1 atom stereocenters. The molecule has 1 aromatic rings. The van der Waals surface area contributed by atoms with E-state index in [4.69, 9.17) is 4.74 Å².